The summed E-state index contributed by atoms with van der Waals surface area (Å²) >= 11 is 0. The highest BCUT2D eigenvalue weighted by Gasteiger charge is 2.13. The van der Waals surface area contributed by atoms with Gasteiger partial charge in [0.15, 0.2) is 0 Å². The lowest BCUT2D eigenvalue weighted by atomic mass is 9.87. The maximum absolute atomic E-state index is 5.42. The van der Waals surface area contributed by atoms with E-state index in [0.717, 1.165) is 22.7 Å². The fourth-order valence-corrected chi connectivity index (χ4v) is 2.73. The highest BCUT2D eigenvalue weighted by atomic mass is 16.5. The zero-order valence-corrected chi connectivity index (χ0v) is 16.5. The minimum Gasteiger partial charge on any atom is -0.495 e. The minimum atomic E-state index is 0.131. The molecule has 0 fully saturated rings. The van der Waals surface area contributed by atoms with Crippen molar-refractivity contribution >= 4 is 23.1 Å². The van der Waals surface area contributed by atoms with E-state index in [9.17, 15) is 0 Å². The van der Waals surface area contributed by atoms with Gasteiger partial charge in [0, 0.05) is 11.9 Å². The monoisotopic (exact) mass is 362 g/mol. The van der Waals surface area contributed by atoms with Crippen LogP contribution in [0, 0.1) is 6.92 Å². The summed E-state index contributed by atoms with van der Waals surface area (Å²) < 4.78 is 5.42. The van der Waals surface area contributed by atoms with Gasteiger partial charge in [0.2, 0.25) is 5.95 Å². The van der Waals surface area contributed by atoms with Gasteiger partial charge in [-0.25, -0.2) is 4.98 Å². The van der Waals surface area contributed by atoms with Crippen molar-refractivity contribution < 1.29 is 4.74 Å². The first-order valence-electron chi connectivity index (χ1n) is 8.97. The summed E-state index contributed by atoms with van der Waals surface area (Å²) in [5.74, 6) is 2.00. The van der Waals surface area contributed by atoms with Crippen molar-refractivity contribution in [2.45, 2.75) is 33.1 Å². The molecule has 0 saturated heterocycles. The number of aryl methyl sites for hydroxylation is 1. The van der Waals surface area contributed by atoms with Gasteiger partial charge in [0.25, 0.3) is 0 Å². The Hall–Kier alpha value is -3.08. The van der Waals surface area contributed by atoms with Crippen LogP contribution >= 0.6 is 0 Å². The van der Waals surface area contributed by atoms with Gasteiger partial charge in [-0.05, 0) is 53.8 Å². The first-order chi connectivity index (χ1) is 12.8. The number of aromatic nitrogens is 2. The van der Waals surface area contributed by atoms with Crippen LogP contribution in [0.15, 0.2) is 54.7 Å². The molecule has 0 aliphatic heterocycles. The van der Waals surface area contributed by atoms with Crippen molar-refractivity contribution in [1.29, 1.82) is 0 Å². The molecular weight excluding hydrogens is 336 g/mol. The first kappa shape index (κ1) is 18.7. The predicted molar refractivity (Wildman–Crippen MR) is 111 cm³/mol. The van der Waals surface area contributed by atoms with Gasteiger partial charge in [-0.1, -0.05) is 39.0 Å². The van der Waals surface area contributed by atoms with E-state index in [0.29, 0.717) is 11.8 Å². The van der Waals surface area contributed by atoms with Gasteiger partial charge < -0.3 is 15.4 Å². The van der Waals surface area contributed by atoms with Crippen LogP contribution in [0.5, 0.6) is 5.75 Å². The Balaban J connectivity index is 1.77. The summed E-state index contributed by atoms with van der Waals surface area (Å²) in [5.41, 5.74) is 4.39. The summed E-state index contributed by atoms with van der Waals surface area (Å²) in [6.07, 6.45) is 1.73. The summed E-state index contributed by atoms with van der Waals surface area (Å²) in [4.78, 5) is 8.86. The summed E-state index contributed by atoms with van der Waals surface area (Å²) in [6.45, 7) is 8.65. The molecule has 5 heteroatoms. The number of nitrogens with zero attached hydrogens (tertiary/aromatic N) is 2. The van der Waals surface area contributed by atoms with E-state index in [1.807, 2.05) is 43.3 Å². The number of methoxy groups -OCH3 is 1. The number of ether oxygens (including phenoxy) is 1. The Labute approximate surface area is 160 Å². The number of rotatable bonds is 5. The number of hydrogen-bond donors (Lipinski definition) is 2. The van der Waals surface area contributed by atoms with E-state index in [1.54, 1.807) is 13.3 Å². The molecule has 3 aromatic rings. The Bertz CT molecular complexity index is 914. The number of benzene rings is 2. The third-order valence-electron chi connectivity index (χ3n) is 4.28. The lowest BCUT2D eigenvalue weighted by Crippen LogP contribution is -2.10. The van der Waals surface area contributed by atoms with Crippen molar-refractivity contribution in [2.24, 2.45) is 0 Å². The van der Waals surface area contributed by atoms with Crippen LogP contribution in [0.4, 0.5) is 23.1 Å². The summed E-state index contributed by atoms with van der Waals surface area (Å²) in [5, 5.41) is 6.56. The first-order valence-corrected chi connectivity index (χ1v) is 8.97. The maximum Gasteiger partial charge on any atom is 0.229 e. The fraction of sp³-hybridized carbons (Fsp3) is 0.273. The Morgan fingerprint density at radius 2 is 1.67 bits per heavy atom. The van der Waals surface area contributed by atoms with Crippen LogP contribution in [0.2, 0.25) is 0 Å². The molecule has 140 valence electrons. The van der Waals surface area contributed by atoms with E-state index >= 15 is 0 Å². The summed E-state index contributed by atoms with van der Waals surface area (Å²) in [6, 6.07) is 16.2. The second kappa shape index (κ2) is 7.66. The Kier molecular flexibility index (Phi) is 5.31. The maximum atomic E-state index is 5.42. The SMILES string of the molecule is COc1ccc(C)cc1Nc1ccnc(Nc2ccc(C(C)(C)C)cc2)n1. The topological polar surface area (TPSA) is 59.1 Å². The van der Waals surface area contributed by atoms with Gasteiger partial charge in [-0.3, -0.25) is 0 Å². The van der Waals surface area contributed by atoms with Crippen molar-refractivity contribution in [1.82, 2.24) is 9.97 Å². The zero-order chi connectivity index (χ0) is 19.4. The molecule has 0 radical (unpaired) electrons. The van der Waals surface area contributed by atoms with Gasteiger partial charge in [0.05, 0.1) is 12.8 Å². The molecular formula is C22H26N4O. The molecule has 0 bridgehead atoms. The number of nitrogens with one attached hydrogen (secondary N) is 2. The molecule has 0 aliphatic rings. The number of anilines is 4. The van der Waals surface area contributed by atoms with E-state index in [1.165, 1.54) is 5.56 Å². The van der Waals surface area contributed by atoms with Crippen molar-refractivity contribution in [3.05, 3.63) is 65.9 Å². The Morgan fingerprint density at radius 3 is 2.33 bits per heavy atom. The quantitative estimate of drug-likeness (QED) is 0.620. The molecule has 1 heterocycles. The molecule has 0 atom stereocenters. The van der Waals surface area contributed by atoms with Crippen LogP contribution in [-0.4, -0.2) is 17.1 Å². The molecule has 0 saturated carbocycles. The molecule has 27 heavy (non-hydrogen) atoms. The molecule has 0 spiro atoms. The minimum absolute atomic E-state index is 0.131. The molecule has 1 aromatic heterocycles. The molecule has 0 aliphatic carbocycles. The highest BCUT2D eigenvalue weighted by molar-refractivity contribution is 5.66. The van der Waals surface area contributed by atoms with Gasteiger partial charge in [-0.15, -0.1) is 0 Å². The van der Waals surface area contributed by atoms with E-state index in [4.69, 9.17) is 4.74 Å². The normalized spacial score (nSPS) is 11.1. The second-order valence-corrected chi connectivity index (χ2v) is 7.55. The van der Waals surface area contributed by atoms with Crippen LogP contribution in [0.1, 0.15) is 31.9 Å². The molecule has 5 nitrogen and oxygen atoms in total. The molecule has 2 aromatic carbocycles. The third kappa shape index (κ3) is 4.76. The third-order valence-corrected chi connectivity index (χ3v) is 4.28. The lowest BCUT2D eigenvalue weighted by Gasteiger charge is -2.19. The van der Waals surface area contributed by atoms with E-state index < -0.39 is 0 Å². The molecule has 2 N–H and O–H groups in total. The van der Waals surface area contributed by atoms with Crippen molar-refractivity contribution in [3.8, 4) is 5.75 Å². The molecule has 3 rings (SSSR count). The zero-order valence-electron chi connectivity index (χ0n) is 16.5. The second-order valence-electron chi connectivity index (χ2n) is 7.55. The van der Waals surface area contributed by atoms with Crippen molar-refractivity contribution in [2.75, 3.05) is 17.7 Å². The standard InChI is InChI=1S/C22H26N4O/c1-15-6-11-19(27-5)18(14-15)25-20-12-13-23-21(26-20)24-17-9-7-16(8-10-17)22(2,3)4/h6-14H,1-5H3,(H2,23,24,25,26). The fourth-order valence-electron chi connectivity index (χ4n) is 2.73. The molecule has 0 unspecified atom stereocenters. The van der Waals surface area contributed by atoms with Gasteiger partial charge in [-0.2, -0.15) is 4.98 Å². The highest BCUT2D eigenvalue weighted by Crippen LogP contribution is 2.28. The average Bonchev–Trinajstić information content (AvgIpc) is 2.62. The number of hydrogen-bond acceptors (Lipinski definition) is 5. The van der Waals surface area contributed by atoms with E-state index in [2.05, 4.69) is 53.5 Å². The van der Waals surface area contributed by atoms with Gasteiger partial charge in [0.1, 0.15) is 11.6 Å². The van der Waals surface area contributed by atoms with E-state index in [-0.39, 0.29) is 5.41 Å². The predicted octanol–water partition coefficient (Wildman–Crippen LogP) is 5.58. The van der Waals surface area contributed by atoms with Crippen molar-refractivity contribution in [3.63, 3.8) is 0 Å². The lowest BCUT2D eigenvalue weighted by molar-refractivity contribution is 0.416. The van der Waals surface area contributed by atoms with Crippen LogP contribution in [0.25, 0.3) is 0 Å². The average molecular weight is 362 g/mol. The van der Waals surface area contributed by atoms with Crippen LogP contribution in [0.3, 0.4) is 0 Å². The van der Waals surface area contributed by atoms with Crippen LogP contribution in [-0.2, 0) is 5.41 Å². The molecule has 0 amide bonds. The van der Waals surface area contributed by atoms with Gasteiger partial charge >= 0.3 is 0 Å². The summed E-state index contributed by atoms with van der Waals surface area (Å²) in [7, 11) is 1.66. The smallest absolute Gasteiger partial charge is 0.229 e. The van der Waals surface area contributed by atoms with Crippen LogP contribution < -0.4 is 15.4 Å². The largest absolute Gasteiger partial charge is 0.495 e. The Morgan fingerprint density at radius 1 is 0.926 bits per heavy atom.